The van der Waals surface area contributed by atoms with Gasteiger partial charge in [0.1, 0.15) is 12.2 Å². The van der Waals surface area contributed by atoms with Gasteiger partial charge in [0.05, 0.1) is 39.3 Å². The Kier molecular flexibility index (Phi) is 6.58. The van der Waals surface area contributed by atoms with Gasteiger partial charge in [-0.15, -0.1) is 4.68 Å². The number of rotatable bonds is 10. The molecule has 0 atom stereocenters. The zero-order valence-corrected chi connectivity index (χ0v) is 18.6. The van der Waals surface area contributed by atoms with E-state index in [0.29, 0.717) is 19.0 Å². The molecule has 164 valence electrons. The molecule has 0 saturated carbocycles. The third kappa shape index (κ3) is 4.91. The number of hydrogen-bond acceptors (Lipinski definition) is 5. The second-order valence-corrected chi connectivity index (χ2v) is 8.56. The molecule has 31 heavy (non-hydrogen) atoms. The van der Waals surface area contributed by atoms with Gasteiger partial charge in [-0.3, -0.25) is 4.90 Å². The summed E-state index contributed by atoms with van der Waals surface area (Å²) in [6, 6.07) is 8.30. The minimum atomic E-state index is 0.584. The Balaban J connectivity index is 1.38. The first-order valence-corrected chi connectivity index (χ1v) is 11.1. The summed E-state index contributed by atoms with van der Waals surface area (Å²) >= 11 is 0. The summed E-state index contributed by atoms with van der Waals surface area (Å²) in [6.45, 7) is 18.8. The number of fused-ring (bicyclic) bond motifs is 3. The third-order valence-electron chi connectivity index (χ3n) is 6.57. The minimum Gasteiger partial charge on any atom is -0.369 e. The number of azo groups is 1. The number of anilines is 1. The summed E-state index contributed by atoms with van der Waals surface area (Å²) in [4.78, 5) is 4.95. The molecule has 2 bridgehead atoms. The lowest BCUT2D eigenvalue weighted by molar-refractivity contribution is -0.939. The van der Waals surface area contributed by atoms with Gasteiger partial charge in [0.2, 0.25) is 0 Å². The van der Waals surface area contributed by atoms with Gasteiger partial charge >= 0.3 is 5.95 Å². The van der Waals surface area contributed by atoms with E-state index in [9.17, 15) is 0 Å². The van der Waals surface area contributed by atoms with E-state index in [1.165, 1.54) is 56.0 Å². The van der Waals surface area contributed by atoms with Gasteiger partial charge in [0, 0.05) is 37.5 Å². The number of benzene rings is 1. The monoisotopic (exact) mass is 422 g/mol. The molecule has 3 saturated heterocycles. The molecule has 0 spiro atoms. The zero-order chi connectivity index (χ0) is 21.7. The maximum atomic E-state index is 4.44. The second-order valence-electron chi connectivity index (χ2n) is 8.56. The quantitative estimate of drug-likeness (QED) is 0.256. The highest BCUT2D eigenvalue weighted by molar-refractivity contribution is 5.52. The van der Waals surface area contributed by atoms with E-state index in [1.807, 2.05) is 22.8 Å². The molecule has 0 radical (unpaired) electrons. The van der Waals surface area contributed by atoms with Crippen LogP contribution in [-0.2, 0) is 13.1 Å². The molecule has 0 amide bonds. The first kappa shape index (κ1) is 21.4. The van der Waals surface area contributed by atoms with Crippen molar-refractivity contribution >= 4 is 17.3 Å². The third-order valence-corrected chi connectivity index (χ3v) is 6.57. The summed E-state index contributed by atoms with van der Waals surface area (Å²) in [6.07, 6.45) is 5.36. The van der Waals surface area contributed by atoms with E-state index in [-0.39, 0.29) is 0 Å². The normalized spacial score (nSPS) is 22.7. The molecule has 0 N–H and O–H groups in total. The smallest absolute Gasteiger partial charge is 0.369 e. The van der Waals surface area contributed by atoms with Crippen LogP contribution in [0, 0.1) is 0 Å². The fraction of sp³-hybridized carbons (Fsp3) is 0.478. The molecule has 3 aliphatic heterocycles. The summed E-state index contributed by atoms with van der Waals surface area (Å²) < 4.78 is 4.97. The van der Waals surface area contributed by atoms with Crippen LogP contribution in [0.4, 0.5) is 17.3 Å². The van der Waals surface area contributed by atoms with Crippen LogP contribution < -0.4 is 9.58 Å². The van der Waals surface area contributed by atoms with E-state index >= 15 is 0 Å². The van der Waals surface area contributed by atoms with Crippen molar-refractivity contribution < 1.29 is 9.16 Å². The fourth-order valence-corrected chi connectivity index (χ4v) is 4.44. The molecule has 4 heterocycles. The largest absolute Gasteiger partial charge is 0.442 e. The van der Waals surface area contributed by atoms with E-state index in [4.69, 9.17) is 0 Å². The number of piperazine rings is 3. The molecule has 8 heteroatoms. The number of allylic oxidation sites excluding steroid dienone is 2. The van der Waals surface area contributed by atoms with Crippen molar-refractivity contribution in [1.29, 1.82) is 0 Å². The number of quaternary nitrogens is 1. The molecule has 1 aromatic carbocycles. The van der Waals surface area contributed by atoms with Crippen LogP contribution >= 0.6 is 0 Å². The van der Waals surface area contributed by atoms with E-state index < -0.39 is 0 Å². The molecular formula is C23H34N8+2. The van der Waals surface area contributed by atoms with Gasteiger partial charge in [-0.2, -0.15) is 0 Å². The molecule has 0 unspecified atom stereocenters. The van der Waals surface area contributed by atoms with Crippen molar-refractivity contribution in [3.63, 3.8) is 0 Å². The topological polar surface area (TPSA) is 52.9 Å². The molecule has 2 aromatic rings. The molecule has 3 aliphatic rings. The highest BCUT2D eigenvalue weighted by Gasteiger charge is 2.38. The van der Waals surface area contributed by atoms with Gasteiger partial charge in [-0.25, -0.2) is 4.57 Å². The van der Waals surface area contributed by atoms with Crippen molar-refractivity contribution in [1.82, 2.24) is 14.6 Å². The maximum Gasteiger partial charge on any atom is 0.442 e. The minimum absolute atomic E-state index is 0.584. The highest BCUT2D eigenvalue weighted by Crippen LogP contribution is 2.23. The van der Waals surface area contributed by atoms with Crippen LogP contribution in [0.3, 0.4) is 0 Å². The number of aromatic nitrogens is 3. The standard InChI is InChI=1S/C23H34N8/c1-4-10-29-20-24-30(11-5-2)23(29)26-25-21-6-8-22(9-7-21)27(3)12-16-31-17-13-28(14-18-31)15-19-31/h4-9,20H,1-2,10-19H2,3H3/q+2. The van der Waals surface area contributed by atoms with Crippen molar-refractivity contribution in [2.45, 2.75) is 13.1 Å². The Morgan fingerprint density at radius 2 is 1.81 bits per heavy atom. The zero-order valence-electron chi connectivity index (χ0n) is 18.6. The molecule has 8 nitrogen and oxygen atoms in total. The van der Waals surface area contributed by atoms with Crippen LogP contribution in [0.2, 0.25) is 0 Å². The van der Waals surface area contributed by atoms with E-state index in [1.54, 1.807) is 17.1 Å². The lowest BCUT2D eigenvalue weighted by Gasteiger charge is -2.51. The van der Waals surface area contributed by atoms with E-state index in [2.05, 4.69) is 57.5 Å². The SMILES string of the molecule is C=CCn1cn[n+](CC=C)c1/N=N/c1ccc(N(C)CC[N+]23CCN(CC2)CC3)cc1. The van der Waals surface area contributed by atoms with Crippen LogP contribution in [0.15, 0.2) is 66.1 Å². The van der Waals surface area contributed by atoms with Crippen molar-refractivity contribution in [3.8, 4) is 0 Å². The Labute approximate surface area is 185 Å². The average Bonchev–Trinajstić information content (AvgIpc) is 3.19. The van der Waals surface area contributed by atoms with Crippen LogP contribution in [0.5, 0.6) is 0 Å². The molecular weight excluding hydrogens is 388 g/mol. The first-order valence-electron chi connectivity index (χ1n) is 11.1. The lowest BCUT2D eigenvalue weighted by atomic mass is 10.1. The summed E-state index contributed by atoms with van der Waals surface area (Å²) in [7, 11) is 2.18. The first-order chi connectivity index (χ1) is 15.1. The van der Waals surface area contributed by atoms with Crippen molar-refractivity contribution in [2.75, 3.05) is 64.3 Å². The van der Waals surface area contributed by atoms with Gasteiger partial charge in [-0.05, 0) is 24.3 Å². The summed E-state index contributed by atoms with van der Waals surface area (Å²) in [5.74, 6) is 0.677. The van der Waals surface area contributed by atoms with Crippen LogP contribution in [-0.4, -0.2) is 78.5 Å². The number of nitrogens with zero attached hydrogens (tertiary/aromatic N) is 8. The Morgan fingerprint density at radius 1 is 1.10 bits per heavy atom. The molecule has 5 rings (SSSR count). The molecule has 1 aromatic heterocycles. The van der Waals surface area contributed by atoms with Gasteiger partial charge in [0.15, 0.2) is 6.33 Å². The Bertz CT molecular complexity index is 880. The predicted molar refractivity (Wildman–Crippen MR) is 123 cm³/mol. The summed E-state index contributed by atoms with van der Waals surface area (Å²) in [5, 5.41) is 13.2. The number of hydrogen-bond donors (Lipinski definition) is 0. The van der Waals surface area contributed by atoms with Gasteiger partial charge in [-0.1, -0.05) is 35.5 Å². The number of likely N-dealkylation sites (N-methyl/N-ethyl adjacent to an activating group) is 1. The Hall–Kier alpha value is -2.84. The van der Waals surface area contributed by atoms with Crippen molar-refractivity contribution in [2.24, 2.45) is 10.2 Å². The highest BCUT2D eigenvalue weighted by atomic mass is 15.5. The molecule has 3 fully saturated rings. The second kappa shape index (κ2) is 9.53. The van der Waals surface area contributed by atoms with Crippen LogP contribution in [0.1, 0.15) is 0 Å². The average molecular weight is 423 g/mol. The van der Waals surface area contributed by atoms with Gasteiger partial charge < -0.3 is 9.38 Å². The fourth-order valence-electron chi connectivity index (χ4n) is 4.44. The van der Waals surface area contributed by atoms with Gasteiger partial charge in [0.25, 0.3) is 0 Å². The predicted octanol–water partition coefficient (Wildman–Crippen LogP) is 2.54. The lowest BCUT2D eigenvalue weighted by Crippen LogP contribution is -2.68. The summed E-state index contributed by atoms with van der Waals surface area (Å²) in [5.41, 5.74) is 2.04. The Morgan fingerprint density at radius 3 is 2.45 bits per heavy atom. The van der Waals surface area contributed by atoms with E-state index in [0.717, 1.165) is 12.2 Å². The van der Waals surface area contributed by atoms with Crippen molar-refractivity contribution in [3.05, 3.63) is 55.9 Å². The van der Waals surface area contributed by atoms with Crippen LogP contribution in [0.25, 0.3) is 0 Å². The molecule has 0 aliphatic carbocycles. The maximum absolute atomic E-state index is 4.44.